The van der Waals surface area contributed by atoms with E-state index >= 15 is 0 Å². The van der Waals surface area contributed by atoms with E-state index in [2.05, 4.69) is 10.2 Å². The molecule has 200 valence electrons. The second kappa shape index (κ2) is 11.0. The van der Waals surface area contributed by atoms with E-state index in [-0.39, 0.29) is 35.9 Å². The molecule has 0 fully saturated rings. The topological polar surface area (TPSA) is 105 Å². The van der Waals surface area contributed by atoms with E-state index in [1.54, 1.807) is 37.3 Å². The molecule has 0 saturated carbocycles. The number of nitrogens with zero attached hydrogens (tertiary/aromatic N) is 4. The van der Waals surface area contributed by atoms with Crippen LogP contribution in [0.5, 0.6) is 0 Å². The van der Waals surface area contributed by atoms with Crippen LogP contribution in [0.2, 0.25) is 0 Å². The summed E-state index contributed by atoms with van der Waals surface area (Å²) >= 11 is 2.89. The predicted molar refractivity (Wildman–Crippen MR) is 151 cm³/mol. The first-order valence-corrected chi connectivity index (χ1v) is 14.2. The number of hydrogen-bond donors (Lipinski definition) is 0. The van der Waals surface area contributed by atoms with Crippen LogP contribution >= 0.6 is 23.1 Å². The SMILES string of the molecule is CCOC(=O)c1cc(C(=O)OCC)cc(-n2c(C)cc(C(=O)CSc3nnc4sc5ccccc5n34)c2C)c1. The zero-order chi connectivity index (χ0) is 27.7. The number of thioether (sulfide) groups is 1. The molecule has 5 rings (SSSR count). The fraction of sp³-hybridized carbons (Fsp3) is 0.250. The molecule has 39 heavy (non-hydrogen) atoms. The van der Waals surface area contributed by atoms with E-state index in [0.717, 1.165) is 20.9 Å². The van der Waals surface area contributed by atoms with Gasteiger partial charge in [-0.2, -0.15) is 0 Å². The van der Waals surface area contributed by atoms with E-state index in [9.17, 15) is 14.4 Å². The molecular weight excluding hydrogens is 536 g/mol. The Morgan fingerprint density at radius 1 is 0.923 bits per heavy atom. The average molecular weight is 563 g/mol. The molecule has 0 aliphatic carbocycles. The van der Waals surface area contributed by atoms with Gasteiger partial charge in [0.25, 0.3) is 0 Å². The number of rotatable bonds is 9. The molecule has 0 radical (unpaired) electrons. The fourth-order valence-corrected chi connectivity index (χ4v) is 6.35. The number of hydrogen-bond acceptors (Lipinski definition) is 9. The number of Topliss-reactive ketones (excluding diaryl/α,β-unsaturated/α-hetero) is 1. The number of fused-ring (bicyclic) bond motifs is 3. The van der Waals surface area contributed by atoms with Crippen molar-refractivity contribution in [2.45, 2.75) is 32.9 Å². The van der Waals surface area contributed by atoms with Crippen LogP contribution in [0.15, 0.2) is 53.7 Å². The number of carbonyl (C=O) groups is 3. The van der Waals surface area contributed by atoms with Crippen LogP contribution in [0.1, 0.15) is 56.3 Å². The van der Waals surface area contributed by atoms with Crippen molar-refractivity contribution >= 4 is 56.0 Å². The highest BCUT2D eigenvalue weighted by Gasteiger charge is 2.22. The van der Waals surface area contributed by atoms with E-state index in [1.165, 1.54) is 17.8 Å². The number of benzene rings is 2. The standard InChI is InChI=1S/C28H26N4O5S2/c1-5-36-25(34)18-12-19(26(35)37-6-2)14-20(13-18)31-16(3)11-21(17(31)4)23(33)15-38-27-29-30-28-32(27)22-9-7-8-10-24(22)39-28/h7-14H,5-6,15H2,1-4H3. The van der Waals surface area contributed by atoms with Gasteiger partial charge in [0, 0.05) is 22.6 Å². The monoisotopic (exact) mass is 562 g/mol. The van der Waals surface area contributed by atoms with Crippen LogP contribution < -0.4 is 0 Å². The summed E-state index contributed by atoms with van der Waals surface area (Å²) in [6.07, 6.45) is 0. The zero-order valence-electron chi connectivity index (χ0n) is 21.9. The number of aromatic nitrogens is 4. The summed E-state index contributed by atoms with van der Waals surface area (Å²) in [4.78, 5) is 39.2. The van der Waals surface area contributed by atoms with Crippen molar-refractivity contribution in [2.75, 3.05) is 19.0 Å². The van der Waals surface area contributed by atoms with Crippen molar-refractivity contribution in [3.8, 4) is 5.69 Å². The maximum atomic E-state index is 13.4. The molecule has 9 nitrogen and oxygen atoms in total. The summed E-state index contributed by atoms with van der Waals surface area (Å²) in [5, 5.41) is 9.22. The molecule has 0 atom stereocenters. The third-order valence-electron chi connectivity index (χ3n) is 6.17. The quantitative estimate of drug-likeness (QED) is 0.128. The first-order chi connectivity index (χ1) is 18.8. The number of para-hydroxylation sites is 1. The van der Waals surface area contributed by atoms with Crippen LogP contribution in [0.4, 0.5) is 0 Å². The Hall–Kier alpha value is -3.96. The maximum Gasteiger partial charge on any atom is 0.338 e. The van der Waals surface area contributed by atoms with Gasteiger partial charge in [0.05, 0.1) is 40.3 Å². The van der Waals surface area contributed by atoms with Crippen LogP contribution in [0.25, 0.3) is 20.9 Å². The minimum atomic E-state index is -0.541. The molecule has 0 aliphatic rings. The molecule has 3 heterocycles. The van der Waals surface area contributed by atoms with Gasteiger partial charge in [-0.05, 0) is 64.1 Å². The third-order valence-corrected chi connectivity index (χ3v) is 8.11. The molecule has 0 bridgehead atoms. The number of thiazole rings is 1. The summed E-state index contributed by atoms with van der Waals surface area (Å²) in [5.41, 5.74) is 4.06. The number of ether oxygens (including phenoxy) is 2. The summed E-state index contributed by atoms with van der Waals surface area (Å²) in [5.74, 6) is -0.976. The first kappa shape index (κ1) is 26.6. The Morgan fingerprint density at radius 2 is 1.59 bits per heavy atom. The van der Waals surface area contributed by atoms with Crippen LogP contribution in [0, 0.1) is 13.8 Å². The molecule has 3 aromatic heterocycles. The van der Waals surface area contributed by atoms with Crippen molar-refractivity contribution in [1.29, 1.82) is 0 Å². The van der Waals surface area contributed by atoms with Gasteiger partial charge in [0.15, 0.2) is 10.9 Å². The molecule has 0 unspecified atom stereocenters. The number of carbonyl (C=O) groups excluding carboxylic acids is 3. The lowest BCUT2D eigenvalue weighted by molar-refractivity contribution is 0.0525. The predicted octanol–water partition coefficient (Wildman–Crippen LogP) is 5.68. The van der Waals surface area contributed by atoms with Crippen LogP contribution in [-0.4, -0.2) is 55.9 Å². The molecule has 0 N–H and O–H groups in total. The minimum absolute atomic E-state index is 0.0669. The molecule has 0 saturated heterocycles. The van der Waals surface area contributed by atoms with Gasteiger partial charge in [-0.15, -0.1) is 10.2 Å². The number of ketones is 1. The van der Waals surface area contributed by atoms with Crippen molar-refractivity contribution in [1.82, 2.24) is 19.2 Å². The highest BCUT2D eigenvalue weighted by atomic mass is 32.2. The molecule has 0 aliphatic heterocycles. The van der Waals surface area contributed by atoms with Crippen molar-refractivity contribution < 1.29 is 23.9 Å². The lowest BCUT2D eigenvalue weighted by Gasteiger charge is -2.14. The van der Waals surface area contributed by atoms with E-state index in [0.29, 0.717) is 22.1 Å². The molecule has 5 aromatic rings. The number of esters is 2. The second-order valence-corrected chi connectivity index (χ2v) is 10.7. The van der Waals surface area contributed by atoms with E-state index in [1.807, 2.05) is 53.1 Å². The highest BCUT2D eigenvalue weighted by Crippen LogP contribution is 2.30. The molecular formula is C28H26N4O5S2. The summed E-state index contributed by atoms with van der Waals surface area (Å²) in [6, 6.07) is 14.6. The molecule has 0 amide bonds. The molecule has 0 spiro atoms. The van der Waals surface area contributed by atoms with Crippen molar-refractivity contribution in [2.24, 2.45) is 0 Å². The Balaban J connectivity index is 1.45. The molecule has 11 heteroatoms. The number of aryl methyl sites for hydroxylation is 1. The van der Waals surface area contributed by atoms with Gasteiger partial charge in [-0.3, -0.25) is 9.20 Å². The summed E-state index contributed by atoms with van der Waals surface area (Å²) in [6.45, 7) is 7.56. The normalized spacial score (nSPS) is 11.3. The Labute approximate surface area is 232 Å². The second-order valence-electron chi connectivity index (χ2n) is 8.71. The van der Waals surface area contributed by atoms with Crippen LogP contribution in [-0.2, 0) is 9.47 Å². The van der Waals surface area contributed by atoms with Crippen molar-refractivity contribution in [3.63, 3.8) is 0 Å². The minimum Gasteiger partial charge on any atom is -0.462 e. The Morgan fingerprint density at radius 3 is 2.26 bits per heavy atom. The van der Waals surface area contributed by atoms with Crippen LogP contribution in [0.3, 0.4) is 0 Å². The van der Waals surface area contributed by atoms with Gasteiger partial charge < -0.3 is 14.0 Å². The lowest BCUT2D eigenvalue weighted by Crippen LogP contribution is -2.12. The highest BCUT2D eigenvalue weighted by molar-refractivity contribution is 7.99. The largest absolute Gasteiger partial charge is 0.462 e. The van der Waals surface area contributed by atoms with E-state index < -0.39 is 11.9 Å². The van der Waals surface area contributed by atoms with Gasteiger partial charge in [-0.25, -0.2) is 9.59 Å². The summed E-state index contributed by atoms with van der Waals surface area (Å²) in [7, 11) is 0. The lowest BCUT2D eigenvalue weighted by atomic mass is 10.1. The Kier molecular flexibility index (Phi) is 7.53. The van der Waals surface area contributed by atoms with Gasteiger partial charge in [-0.1, -0.05) is 35.2 Å². The maximum absolute atomic E-state index is 13.4. The van der Waals surface area contributed by atoms with Gasteiger partial charge in [0.1, 0.15) is 0 Å². The zero-order valence-corrected chi connectivity index (χ0v) is 23.5. The summed E-state index contributed by atoms with van der Waals surface area (Å²) < 4.78 is 15.3. The first-order valence-electron chi connectivity index (χ1n) is 12.4. The van der Waals surface area contributed by atoms with Crippen molar-refractivity contribution in [3.05, 3.63) is 76.6 Å². The van der Waals surface area contributed by atoms with Gasteiger partial charge in [0.2, 0.25) is 4.96 Å². The molecule has 2 aromatic carbocycles. The average Bonchev–Trinajstić information content (AvgIpc) is 3.58. The van der Waals surface area contributed by atoms with Gasteiger partial charge >= 0.3 is 11.9 Å². The third kappa shape index (κ3) is 5.07. The van der Waals surface area contributed by atoms with E-state index in [4.69, 9.17) is 9.47 Å². The fourth-order valence-electron chi connectivity index (χ4n) is 4.50. The smallest absolute Gasteiger partial charge is 0.338 e. The Bertz CT molecular complexity index is 1700.